The van der Waals surface area contributed by atoms with Gasteiger partial charge in [0.05, 0.1) is 28.1 Å². The summed E-state index contributed by atoms with van der Waals surface area (Å²) >= 11 is 6.06. The van der Waals surface area contributed by atoms with Crippen LogP contribution in [0.3, 0.4) is 0 Å². The average molecular weight is 456 g/mol. The van der Waals surface area contributed by atoms with E-state index in [1.165, 1.54) is 43.6 Å². The Morgan fingerprint density at radius 1 is 1.06 bits per heavy atom. The van der Waals surface area contributed by atoms with E-state index in [2.05, 4.69) is 15.2 Å². The summed E-state index contributed by atoms with van der Waals surface area (Å²) in [4.78, 5) is 16.9. The number of nitrogens with one attached hydrogen (secondary N) is 1. The van der Waals surface area contributed by atoms with E-state index in [-0.39, 0.29) is 27.0 Å². The van der Waals surface area contributed by atoms with Crippen LogP contribution in [0.5, 0.6) is 5.75 Å². The molecule has 7 nitrogen and oxygen atoms in total. The third kappa shape index (κ3) is 4.30. The second-order valence-corrected chi connectivity index (χ2v) is 9.26. The SMILES string of the molecule is COc1ccc(S(=O)(=O)c2ccc(CCC(=O)c3cnc4[nH]ncc4c3)cc2)cc1Cl. The zero-order valence-corrected chi connectivity index (χ0v) is 18.1. The smallest absolute Gasteiger partial charge is 0.206 e. The van der Waals surface area contributed by atoms with Gasteiger partial charge in [0.25, 0.3) is 0 Å². The van der Waals surface area contributed by atoms with Gasteiger partial charge in [-0.05, 0) is 48.4 Å². The number of ketones is 1. The van der Waals surface area contributed by atoms with Gasteiger partial charge in [-0.15, -0.1) is 0 Å². The van der Waals surface area contributed by atoms with Crippen LogP contribution in [0.4, 0.5) is 0 Å². The summed E-state index contributed by atoms with van der Waals surface area (Å²) < 4.78 is 30.8. The Hall–Kier alpha value is -3.23. The molecule has 0 atom stereocenters. The van der Waals surface area contributed by atoms with Gasteiger partial charge in [-0.3, -0.25) is 9.89 Å². The minimum Gasteiger partial charge on any atom is -0.495 e. The van der Waals surface area contributed by atoms with Crippen molar-refractivity contribution in [1.29, 1.82) is 0 Å². The van der Waals surface area contributed by atoms with Crippen LogP contribution >= 0.6 is 11.6 Å². The van der Waals surface area contributed by atoms with Crippen molar-refractivity contribution in [2.24, 2.45) is 0 Å². The molecule has 31 heavy (non-hydrogen) atoms. The van der Waals surface area contributed by atoms with Crippen molar-refractivity contribution in [2.45, 2.75) is 22.6 Å². The Morgan fingerprint density at radius 3 is 2.52 bits per heavy atom. The Balaban J connectivity index is 1.46. The van der Waals surface area contributed by atoms with Gasteiger partial charge in [-0.25, -0.2) is 13.4 Å². The second kappa shape index (κ2) is 8.49. The number of aryl methyl sites for hydroxylation is 1. The number of nitrogens with zero attached hydrogens (tertiary/aromatic N) is 2. The number of halogens is 1. The summed E-state index contributed by atoms with van der Waals surface area (Å²) in [5, 5.41) is 7.64. The molecule has 0 saturated carbocycles. The van der Waals surface area contributed by atoms with E-state index in [0.29, 0.717) is 23.4 Å². The van der Waals surface area contributed by atoms with Crippen molar-refractivity contribution in [3.8, 4) is 5.75 Å². The molecule has 0 fully saturated rings. The number of Topliss-reactive ketones (excluding diaryl/α,β-unsaturated/α-hetero) is 1. The van der Waals surface area contributed by atoms with Crippen molar-refractivity contribution >= 4 is 38.3 Å². The zero-order chi connectivity index (χ0) is 22.0. The van der Waals surface area contributed by atoms with Crippen LogP contribution in [0.1, 0.15) is 22.3 Å². The summed E-state index contributed by atoms with van der Waals surface area (Å²) in [5.74, 6) is 0.364. The maximum Gasteiger partial charge on any atom is 0.206 e. The lowest BCUT2D eigenvalue weighted by molar-refractivity contribution is 0.0982. The molecule has 9 heteroatoms. The molecule has 4 rings (SSSR count). The standard InChI is InChI=1S/C22H18ClN3O4S/c1-30-21-9-7-18(11-19(21)23)31(28,29)17-5-2-14(3-6-17)4-8-20(27)15-10-16-13-25-26-22(16)24-12-15/h2-3,5-7,9-13H,4,8H2,1H3,(H,24,25,26). The van der Waals surface area contributed by atoms with E-state index < -0.39 is 9.84 Å². The van der Waals surface area contributed by atoms with Crippen molar-refractivity contribution in [1.82, 2.24) is 15.2 Å². The number of hydrogen-bond donors (Lipinski definition) is 1. The molecule has 0 radical (unpaired) electrons. The molecule has 0 aliphatic rings. The highest BCUT2D eigenvalue weighted by Crippen LogP contribution is 2.30. The molecule has 158 valence electrons. The van der Waals surface area contributed by atoms with E-state index in [9.17, 15) is 13.2 Å². The fourth-order valence-electron chi connectivity index (χ4n) is 3.18. The lowest BCUT2D eigenvalue weighted by atomic mass is 10.0. The molecule has 0 aliphatic heterocycles. The van der Waals surface area contributed by atoms with Crippen LogP contribution in [-0.4, -0.2) is 36.5 Å². The molecule has 0 aliphatic carbocycles. The quantitative estimate of drug-likeness (QED) is 0.417. The van der Waals surface area contributed by atoms with Crippen LogP contribution in [0, 0.1) is 0 Å². The number of methoxy groups -OCH3 is 1. The predicted octanol–water partition coefficient (Wildman–Crippen LogP) is 4.27. The van der Waals surface area contributed by atoms with Crippen molar-refractivity contribution in [3.05, 3.63) is 77.1 Å². The first kappa shape index (κ1) is 21.0. The van der Waals surface area contributed by atoms with E-state index in [1.807, 2.05) is 0 Å². The first-order valence-electron chi connectivity index (χ1n) is 9.38. The molecule has 0 spiro atoms. The topological polar surface area (TPSA) is 102 Å². The van der Waals surface area contributed by atoms with E-state index >= 15 is 0 Å². The molecular formula is C22H18ClN3O4S. The highest BCUT2D eigenvalue weighted by molar-refractivity contribution is 7.91. The normalized spacial score (nSPS) is 11.5. The third-order valence-corrected chi connectivity index (χ3v) is 6.98. The highest BCUT2D eigenvalue weighted by atomic mass is 35.5. The van der Waals surface area contributed by atoms with Crippen molar-refractivity contribution in [3.63, 3.8) is 0 Å². The van der Waals surface area contributed by atoms with Gasteiger partial charge in [0.1, 0.15) is 5.75 Å². The van der Waals surface area contributed by atoms with Crippen LogP contribution < -0.4 is 4.74 Å². The van der Waals surface area contributed by atoms with Crippen LogP contribution in [0.15, 0.2) is 70.7 Å². The molecule has 0 saturated heterocycles. The summed E-state index contributed by atoms with van der Waals surface area (Å²) in [6.45, 7) is 0. The Bertz CT molecular complexity index is 1370. The second-order valence-electron chi connectivity index (χ2n) is 6.90. The van der Waals surface area contributed by atoms with Gasteiger partial charge >= 0.3 is 0 Å². The van der Waals surface area contributed by atoms with Gasteiger partial charge < -0.3 is 4.74 Å². The van der Waals surface area contributed by atoms with Crippen molar-refractivity contribution < 1.29 is 17.9 Å². The minimum absolute atomic E-state index is 0.0415. The van der Waals surface area contributed by atoms with Gasteiger partial charge in [-0.1, -0.05) is 23.7 Å². The number of carbonyl (C=O) groups is 1. The number of hydrogen-bond acceptors (Lipinski definition) is 6. The summed E-state index contributed by atoms with van der Waals surface area (Å²) in [6.07, 6.45) is 3.91. The van der Waals surface area contributed by atoms with Crippen LogP contribution in [-0.2, 0) is 16.3 Å². The molecule has 2 aromatic heterocycles. The maximum atomic E-state index is 12.9. The number of carbonyl (C=O) groups excluding carboxylic acids is 1. The number of rotatable bonds is 7. The highest BCUT2D eigenvalue weighted by Gasteiger charge is 2.19. The summed E-state index contributed by atoms with van der Waals surface area (Å²) in [6, 6.07) is 12.6. The van der Waals surface area contributed by atoms with E-state index in [1.54, 1.807) is 24.4 Å². The van der Waals surface area contributed by atoms with Crippen LogP contribution in [0.2, 0.25) is 5.02 Å². The van der Waals surface area contributed by atoms with Gasteiger partial charge in [0.2, 0.25) is 9.84 Å². The van der Waals surface area contributed by atoms with Gasteiger partial charge in [0, 0.05) is 23.6 Å². The molecular weight excluding hydrogens is 438 g/mol. The van der Waals surface area contributed by atoms with E-state index in [0.717, 1.165) is 10.9 Å². The molecule has 1 N–H and O–H groups in total. The Morgan fingerprint density at radius 2 is 1.81 bits per heavy atom. The molecule has 0 amide bonds. The third-order valence-electron chi connectivity index (χ3n) is 4.92. The number of pyridine rings is 1. The van der Waals surface area contributed by atoms with Crippen molar-refractivity contribution in [2.75, 3.05) is 7.11 Å². The Kier molecular flexibility index (Phi) is 5.75. The van der Waals surface area contributed by atoms with Gasteiger partial charge in [0.15, 0.2) is 11.4 Å². The lowest BCUT2D eigenvalue weighted by Gasteiger charge is -2.08. The number of ether oxygens (including phenoxy) is 1. The summed E-state index contributed by atoms with van der Waals surface area (Å²) in [7, 11) is -2.25. The monoisotopic (exact) mass is 455 g/mol. The molecule has 4 aromatic rings. The first-order valence-corrected chi connectivity index (χ1v) is 11.2. The number of aromatic amines is 1. The Labute approximate surface area is 184 Å². The number of benzene rings is 2. The molecule has 0 bridgehead atoms. The number of aromatic nitrogens is 3. The predicted molar refractivity (Wildman–Crippen MR) is 116 cm³/mol. The molecule has 2 aromatic carbocycles. The average Bonchev–Trinajstić information content (AvgIpc) is 3.25. The summed E-state index contributed by atoms with van der Waals surface area (Å²) in [5.41, 5.74) is 2.01. The zero-order valence-electron chi connectivity index (χ0n) is 16.5. The largest absolute Gasteiger partial charge is 0.495 e. The molecule has 2 heterocycles. The number of fused-ring (bicyclic) bond motifs is 1. The number of H-pyrrole nitrogens is 1. The van der Waals surface area contributed by atoms with Crippen LogP contribution in [0.25, 0.3) is 11.0 Å². The van der Waals surface area contributed by atoms with E-state index in [4.69, 9.17) is 16.3 Å². The minimum atomic E-state index is -3.72. The lowest BCUT2D eigenvalue weighted by Crippen LogP contribution is -2.04. The first-order chi connectivity index (χ1) is 14.9. The fraction of sp³-hybridized carbons (Fsp3) is 0.136. The van der Waals surface area contributed by atoms with Gasteiger partial charge in [-0.2, -0.15) is 5.10 Å². The fourth-order valence-corrected chi connectivity index (χ4v) is 4.79. The maximum absolute atomic E-state index is 12.9. The number of sulfone groups is 1. The molecule has 0 unspecified atom stereocenters.